The number of nitrogens with one attached hydrogen (secondary N) is 1. The average molecular weight is 591 g/mol. The van der Waals surface area contributed by atoms with Gasteiger partial charge < -0.3 is 24.4 Å². The Bertz CT molecular complexity index is 1730. The van der Waals surface area contributed by atoms with E-state index in [4.69, 9.17) is 14.2 Å². The number of amides is 1. The zero-order chi connectivity index (χ0) is 29.7. The second kappa shape index (κ2) is 12.6. The SMILES string of the molecule is O=C(Cc1cn(-c2ccc(N3CCN(Cc4ccc5c(c4)OCO5)CC3)nn2)c2ccccc12)NCCOc1ccccc1. The van der Waals surface area contributed by atoms with Gasteiger partial charge in [0.2, 0.25) is 12.7 Å². The number of benzene rings is 3. The Kier molecular flexibility index (Phi) is 7.97. The molecule has 5 aromatic rings. The number of carbonyl (C=O) groups is 1. The van der Waals surface area contributed by atoms with Crippen molar-refractivity contribution in [3.63, 3.8) is 0 Å². The summed E-state index contributed by atoms with van der Waals surface area (Å²) in [6.07, 6.45) is 2.25. The van der Waals surface area contributed by atoms with Crippen molar-refractivity contribution in [3.8, 4) is 23.1 Å². The molecule has 0 bridgehead atoms. The Morgan fingerprint density at radius 3 is 2.45 bits per heavy atom. The molecular formula is C34H34N6O4. The third kappa shape index (κ3) is 6.16. The van der Waals surface area contributed by atoms with Gasteiger partial charge in [-0.15, -0.1) is 10.2 Å². The van der Waals surface area contributed by atoms with Gasteiger partial charge in [-0.05, 0) is 53.6 Å². The molecule has 0 aliphatic carbocycles. The Labute approximate surface area is 255 Å². The standard InChI is InChI=1S/C34H34N6O4/c41-34(35-14-19-42-27-6-2-1-3-7-27)21-26-23-40(29-9-5-4-8-28(26)29)33-13-12-32(36-37-33)39-17-15-38(16-18-39)22-25-10-11-30-31(20-25)44-24-43-30/h1-13,20,23H,14-19,21-22,24H2,(H,35,41). The maximum atomic E-state index is 12.8. The molecule has 0 saturated carbocycles. The lowest BCUT2D eigenvalue weighted by molar-refractivity contribution is -0.120. The van der Waals surface area contributed by atoms with Crippen LogP contribution in [0.2, 0.25) is 0 Å². The summed E-state index contributed by atoms with van der Waals surface area (Å²) in [6.45, 7) is 5.63. The van der Waals surface area contributed by atoms with E-state index in [1.807, 2.05) is 83.6 Å². The summed E-state index contributed by atoms with van der Waals surface area (Å²) < 4.78 is 18.7. The first-order valence-corrected chi connectivity index (χ1v) is 14.9. The van der Waals surface area contributed by atoms with Crippen LogP contribution in [0.15, 0.2) is 91.1 Å². The largest absolute Gasteiger partial charge is 0.492 e. The fraction of sp³-hybridized carbons (Fsp3) is 0.265. The topological polar surface area (TPSA) is 94.0 Å². The summed E-state index contributed by atoms with van der Waals surface area (Å²) in [5.41, 5.74) is 3.15. The lowest BCUT2D eigenvalue weighted by atomic mass is 10.1. The summed E-state index contributed by atoms with van der Waals surface area (Å²) in [5.74, 6) is 3.96. The first-order chi connectivity index (χ1) is 21.7. The van der Waals surface area contributed by atoms with E-state index in [0.717, 1.165) is 72.3 Å². The molecule has 1 fully saturated rings. The summed E-state index contributed by atoms with van der Waals surface area (Å²) in [7, 11) is 0. The van der Waals surface area contributed by atoms with Crippen molar-refractivity contribution in [3.05, 3.63) is 102 Å². The zero-order valence-corrected chi connectivity index (χ0v) is 24.4. The maximum Gasteiger partial charge on any atom is 0.231 e. The van der Waals surface area contributed by atoms with Crippen LogP contribution in [0.1, 0.15) is 11.1 Å². The molecule has 1 amide bonds. The number of carbonyl (C=O) groups excluding carboxylic acids is 1. The van der Waals surface area contributed by atoms with Crippen molar-refractivity contribution in [2.45, 2.75) is 13.0 Å². The molecule has 0 spiro atoms. The van der Waals surface area contributed by atoms with Crippen molar-refractivity contribution in [2.24, 2.45) is 0 Å². The van der Waals surface area contributed by atoms with Crippen LogP contribution >= 0.6 is 0 Å². The molecule has 4 heterocycles. The van der Waals surface area contributed by atoms with Crippen molar-refractivity contribution in [2.75, 3.05) is 51.0 Å². The Morgan fingerprint density at radius 2 is 1.61 bits per heavy atom. The molecular weight excluding hydrogens is 556 g/mol. The van der Waals surface area contributed by atoms with Crippen molar-refractivity contribution in [1.29, 1.82) is 0 Å². The summed E-state index contributed by atoms with van der Waals surface area (Å²) in [4.78, 5) is 17.5. The Morgan fingerprint density at radius 1 is 0.841 bits per heavy atom. The lowest BCUT2D eigenvalue weighted by Crippen LogP contribution is -2.46. The highest BCUT2D eigenvalue weighted by Gasteiger charge is 2.21. The smallest absolute Gasteiger partial charge is 0.231 e. The van der Waals surface area contributed by atoms with E-state index < -0.39 is 0 Å². The fourth-order valence-corrected chi connectivity index (χ4v) is 5.74. The second-order valence-corrected chi connectivity index (χ2v) is 10.9. The maximum absolute atomic E-state index is 12.8. The molecule has 1 N–H and O–H groups in total. The summed E-state index contributed by atoms with van der Waals surface area (Å²) >= 11 is 0. The first-order valence-electron chi connectivity index (χ1n) is 14.9. The van der Waals surface area contributed by atoms with E-state index in [0.29, 0.717) is 25.8 Å². The number of ether oxygens (including phenoxy) is 3. The third-order valence-corrected chi connectivity index (χ3v) is 8.00. The number of hydrogen-bond acceptors (Lipinski definition) is 8. The zero-order valence-electron chi connectivity index (χ0n) is 24.4. The van der Waals surface area contributed by atoms with E-state index in [-0.39, 0.29) is 12.3 Å². The number of para-hydroxylation sites is 2. The van der Waals surface area contributed by atoms with Crippen LogP contribution in [0.4, 0.5) is 5.82 Å². The number of fused-ring (bicyclic) bond motifs is 2. The predicted molar refractivity (Wildman–Crippen MR) is 168 cm³/mol. The number of nitrogens with zero attached hydrogens (tertiary/aromatic N) is 5. The molecule has 1 saturated heterocycles. The van der Waals surface area contributed by atoms with E-state index in [9.17, 15) is 4.79 Å². The van der Waals surface area contributed by atoms with Crippen LogP contribution in [0, 0.1) is 0 Å². The van der Waals surface area contributed by atoms with E-state index in [2.05, 4.69) is 37.4 Å². The van der Waals surface area contributed by atoms with E-state index in [1.54, 1.807) is 0 Å². The lowest BCUT2D eigenvalue weighted by Gasteiger charge is -2.35. The van der Waals surface area contributed by atoms with Crippen LogP contribution in [0.3, 0.4) is 0 Å². The van der Waals surface area contributed by atoms with Crippen LogP contribution in [0.25, 0.3) is 16.7 Å². The molecule has 2 aliphatic rings. The van der Waals surface area contributed by atoms with Crippen LogP contribution in [-0.4, -0.2) is 71.7 Å². The van der Waals surface area contributed by atoms with Crippen LogP contribution < -0.4 is 24.4 Å². The fourth-order valence-electron chi connectivity index (χ4n) is 5.74. The highest BCUT2D eigenvalue weighted by molar-refractivity contribution is 5.90. The van der Waals surface area contributed by atoms with E-state index in [1.165, 1.54) is 5.56 Å². The van der Waals surface area contributed by atoms with E-state index >= 15 is 0 Å². The molecule has 0 radical (unpaired) electrons. The Hall–Kier alpha value is -5.09. The number of hydrogen-bond donors (Lipinski definition) is 1. The number of rotatable bonds is 10. The minimum Gasteiger partial charge on any atom is -0.492 e. The monoisotopic (exact) mass is 590 g/mol. The van der Waals surface area contributed by atoms with Gasteiger partial charge in [-0.3, -0.25) is 14.3 Å². The molecule has 7 rings (SSSR count). The predicted octanol–water partition coefficient (Wildman–Crippen LogP) is 4.21. The van der Waals surface area contributed by atoms with Gasteiger partial charge >= 0.3 is 0 Å². The highest BCUT2D eigenvalue weighted by Crippen LogP contribution is 2.33. The molecule has 2 aliphatic heterocycles. The third-order valence-electron chi connectivity index (χ3n) is 8.00. The van der Waals surface area contributed by atoms with Crippen molar-refractivity contribution >= 4 is 22.6 Å². The van der Waals surface area contributed by atoms with Gasteiger partial charge in [-0.25, -0.2) is 0 Å². The van der Waals surface area contributed by atoms with Gasteiger partial charge in [0.05, 0.1) is 18.5 Å². The molecule has 0 unspecified atom stereocenters. The van der Waals surface area contributed by atoms with Crippen LogP contribution in [-0.2, 0) is 17.8 Å². The average Bonchev–Trinajstić information content (AvgIpc) is 3.69. The van der Waals surface area contributed by atoms with Gasteiger partial charge in [0.1, 0.15) is 12.4 Å². The quantitative estimate of drug-likeness (QED) is 0.242. The second-order valence-electron chi connectivity index (χ2n) is 10.9. The van der Waals surface area contributed by atoms with Crippen molar-refractivity contribution < 1.29 is 19.0 Å². The van der Waals surface area contributed by atoms with Gasteiger partial charge in [0.25, 0.3) is 0 Å². The Balaban J connectivity index is 0.958. The van der Waals surface area contributed by atoms with Crippen molar-refractivity contribution in [1.82, 2.24) is 25.0 Å². The molecule has 44 heavy (non-hydrogen) atoms. The van der Waals surface area contributed by atoms with Gasteiger partial charge in [0, 0.05) is 44.3 Å². The molecule has 0 atom stereocenters. The number of aromatic nitrogens is 3. The molecule has 10 nitrogen and oxygen atoms in total. The molecule has 224 valence electrons. The minimum absolute atomic E-state index is 0.0522. The normalized spacial score (nSPS) is 14.6. The highest BCUT2D eigenvalue weighted by atomic mass is 16.7. The summed E-state index contributed by atoms with van der Waals surface area (Å²) in [6, 6.07) is 27.8. The van der Waals surface area contributed by atoms with Gasteiger partial charge in [-0.1, -0.05) is 42.5 Å². The van der Waals surface area contributed by atoms with Gasteiger partial charge in [-0.2, -0.15) is 0 Å². The number of anilines is 1. The first kappa shape index (κ1) is 27.7. The van der Waals surface area contributed by atoms with Crippen LogP contribution in [0.5, 0.6) is 17.2 Å². The molecule has 10 heteroatoms. The summed E-state index contributed by atoms with van der Waals surface area (Å²) in [5, 5.41) is 13.2. The molecule has 2 aromatic heterocycles. The minimum atomic E-state index is -0.0522. The number of piperazine rings is 1. The van der Waals surface area contributed by atoms with Gasteiger partial charge in [0.15, 0.2) is 23.1 Å². The molecule has 3 aromatic carbocycles.